The van der Waals surface area contributed by atoms with Gasteiger partial charge in [0, 0.05) is 36.5 Å². The molecule has 1 aromatic heterocycles. The first-order valence-electron chi connectivity index (χ1n) is 14.3. The Morgan fingerprint density at radius 1 is 1.10 bits per heavy atom. The molecule has 1 N–H and O–H groups in total. The van der Waals surface area contributed by atoms with Crippen LogP contribution in [0.15, 0.2) is 40.9 Å². The van der Waals surface area contributed by atoms with Crippen molar-refractivity contribution in [2.75, 3.05) is 33.0 Å². The Bertz CT molecular complexity index is 1460. The predicted octanol–water partition coefficient (Wildman–Crippen LogP) is 5.42. The van der Waals surface area contributed by atoms with E-state index in [0.29, 0.717) is 46.9 Å². The van der Waals surface area contributed by atoms with Gasteiger partial charge in [0.15, 0.2) is 17.1 Å². The Morgan fingerprint density at radius 3 is 2.63 bits per heavy atom. The second-order valence-corrected chi connectivity index (χ2v) is 11.2. The molecule has 3 aliphatic rings. The van der Waals surface area contributed by atoms with Gasteiger partial charge in [0.25, 0.3) is 5.69 Å². The number of fused-ring (bicyclic) bond motifs is 2. The average molecular weight is 565 g/mol. The van der Waals surface area contributed by atoms with Gasteiger partial charge >= 0.3 is 0 Å². The molecule has 41 heavy (non-hydrogen) atoms. The largest absolute Gasteiger partial charge is 0.454 e. The molecule has 0 unspecified atom stereocenters. The summed E-state index contributed by atoms with van der Waals surface area (Å²) >= 11 is 0. The van der Waals surface area contributed by atoms with Crippen molar-refractivity contribution >= 4 is 28.6 Å². The highest BCUT2D eigenvalue weighted by molar-refractivity contribution is 5.92. The summed E-state index contributed by atoms with van der Waals surface area (Å²) in [5, 5.41) is 19.7. The summed E-state index contributed by atoms with van der Waals surface area (Å²) in [6, 6.07) is 7.45. The van der Waals surface area contributed by atoms with Crippen LogP contribution in [0.3, 0.4) is 0 Å². The van der Waals surface area contributed by atoms with Gasteiger partial charge in [-0.05, 0) is 74.9 Å². The smallest absolute Gasteiger partial charge is 0.280 e. The van der Waals surface area contributed by atoms with E-state index in [2.05, 4.69) is 15.4 Å². The van der Waals surface area contributed by atoms with Crippen LogP contribution >= 0.6 is 0 Å². The van der Waals surface area contributed by atoms with E-state index in [4.69, 9.17) is 14.0 Å². The van der Waals surface area contributed by atoms with Gasteiger partial charge in [-0.2, -0.15) is 0 Å². The minimum Gasteiger partial charge on any atom is -0.454 e. The summed E-state index contributed by atoms with van der Waals surface area (Å²) in [6.07, 6.45) is 9.30. The summed E-state index contributed by atoms with van der Waals surface area (Å²) in [7, 11) is 0. The number of aromatic nitrogens is 1. The lowest BCUT2D eigenvalue weighted by molar-refractivity contribution is -0.385. The van der Waals surface area contributed by atoms with E-state index < -0.39 is 4.92 Å². The zero-order valence-electron chi connectivity index (χ0n) is 22.7. The van der Waals surface area contributed by atoms with Crippen LogP contribution in [0.4, 0.5) is 10.1 Å². The van der Waals surface area contributed by atoms with Crippen LogP contribution in [-0.4, -0.2) is 53.9 Å². The fourth-order valence-corrected chi connectivity index (χ4v) is 6.43. The number of nitro benzene ring substituents is 1. The van der Waals surface area contributed by atoms with Gasteiger partial charge in [0.1, 0.15) is 5.82 Å². The monoisotopic (exact) mass is 564 g/mol. The predicted molar refractivity (Wildman–Crippen MR) is 149 cm³/mol. The number of benzene rings is 2. The van der Waals surface area contributed by atoms with Crippen LogP contribution in [0.2, 0.25) is 0 Å². The quantitative estimate of drug-likeness (QED) is 0.219. The highest BCUT2D eigenvalue weighted by Gasteiger charge is 2.30. The number of hydrogen-bond acceptors (Lipinski definition) is 8. The molecule has 0 radical (unpaired) electrons. The number of rotatable bonds is 8. The normalized spacial score (nSPS) is 21.5. The Kier molecular flexibility index (Phi) is 7.86. The Balaban J connectivity index is 1.02. The van der Waals surface area contributed by atoms with E-state index in [1.807, 2.05) is 0 Å². The minimum atomic E-state index is -0.496. The van der Waals surface area contributed by atoms with E-state index >= 15 is 0 Å². The number of carbonyl (C=O) groups is 1. The molecule has 1 aliphatic carbocycles. The Morgan fingerprint density at radius 2 is 1.85 bits per heavy atom. The second kappa shape index (κ2) is 11.9. The fraction of sp³-hybridized carbons (Fsp3) is 0.467. The molecular formula is C30H33FN4O6. The SMILES string of the molecule is O=C(C=Cc1cc2c(cc1[N+](=O)[O-])OCO2)NC[C@@H]1CCCC[C@H]1CN1CCC(c2noc3cc(F)ccc23)CC1. The molecule has 2 atom stereocenters. The number of nitrogens with one attached hydrogen (secondary N) is 1. The number of likely N-dealkylation sites (tertiary alicyclic amines) is 1. The summed E-state index contributed by atoms with van der Waals surface area (Å²) < 4.78 is 29.5. The number of amides is 1. The lowest BCUT2D eigenvalue weighted by Crippen LogP contribution is -2.42. The molecular weight excluding hydrogens is 531 g/mol. The van der Waals surface area contributed by atoms with Crippen LogP contribution in [0, 0.1) is 27.8 Å². The van der Waals surface area contributed by atoms with Crippen molar-refractivity contribution < 1.29 is 28.1 Å². The number of nitrogens with zero attached hydrogens (tertiary/aromatic N) is 3. The van der Waals surface area contributed by atoms with Gasteiger partial charge in [-0.1, -0.05) is 18.0 Å². The van der Waals surface area contributed by atoms with Crippen LogP contribution in [0.1, 0.15) is 55.7 Å². The lowest BCUT2D eigenvalue weighted by Gasteiger charge is -2.38. The van der Waals surface area contributed by atoms with Crippen LogP contribution < -0.4 is 14.8 Å². The molecule has 1 amide bonds. The van der Waals surface area contributed by atoms with Crippen LogP contribution in [-0.2, 0) is 4.79 Å². The third-order valence-electron chi connectivity index (χ3n) is 8.67. The maximum absolute atomic E-state index is 13.5. The highest BCUT2D eigenvalue weighted by atomic mass is 19.1. The second-order valence-electron chi connectivity index (χ2n) is 11.2. The molecule has 0 bridgehead atoms. The van der Waals surface area contributed by atoms with Crippen LogP contribution in [0.5, 0.6) is 11.5 Å². The molecule has 3 heterocycles. The lowest BCUT2D eigenvalue weighted by atomic mass is 9.78. The van der Waals surface area contributed by atoms with Gasteiger partial charge in [-0.25, -0.2) is 4.39 Å². The van der Waals surface area contributed by atoms with Crippen molar-refractivity contribution in [3.63, 3.8) is 0 Å². The molecule has 3 aromatic rings. The average Bonchev–Trinajstić information content (AvgIpc) is 3.61. The first-order valence-corrected chi connectivity index (χ1v) is 14.3. The Hall–Kier alpha value is -3.99. The van der Waals surface area contributed by atoms with E-state index in [9.17, 15) is 19.3 Å². The van der Waals surface area contributed by atoms with Crippen molar-refractivity contribution in [3.05, 3.63) is 63.6 Å². The van der Waals surface area contributed by atoms with Crippen molar-refractivity contribution in [1.82, 2.24) is 15.4 Å². The van der Waals surface area contributed by atoms with E-state index in [-0.39, 0.29) is 24.2 Å². The van der Waals surface area contributed by atoms with Crippen molar-refractivity contribution in [1.29, 1.82) is 0 Å². The number of nitro groups is 1. The number of halogens is 1. The fourth-order valence-electron chi connectivity index (χ4n) is 6.43. The standard InChI is InChI=1S/C30H33FN4O6/c31-23-6-7-24-26(14-23)41-33-30(24)19-9-11-34(12-10-19)17-22-4-2-1-3-21(22)16-32-29(36)8-5-20-13-27-28(40-18-39-27)15-25(20)35(37)38/h5-8,13-15,19,21-22H,1-4,9-12,16-18H2,(H,32,36)/t21-,22-/m0/s1. The highest BCUT2D eigenvalue weighted by Crippen LogP contribution is 2.39. The van der Waals surface area contributed by atoms with Gasteiger partial charge < -0.3 is 24.2 Å². The molecule has 216 valence electrons. The Labute approximate surface area is 236 Å². The summed E-state index contributed by atoms with van der Waals surface area (Å²) in [4.78, 5) is 26.2. The molecule has 10 nitrogen and oxygen atoms in total. The molecule has 2 aromatic carbocycles. The molecule has 11 heteroatoms. The van der Waals surface area contributed by atoms with Gasteiger partial charge in [-0.3, -0.25) is 14.9 Å². The minimum absolute atomic E-state index is 0.0157. The molecule has 2 aliphatic heterocycles. The summed E-state index contributed by atoms with van der Waals surface area (Å²) in [5.41, 5.74) is 1.58. The van der Waals surface area contributed by atoms with Crippen molar-refractivity contribution in [2.24, 2.45) is 11.8 Å². The van der Waals surface area contributed by atoms with E-state index in [1.54, 1.807) is 6.07 Å². The molecule has 1 saturated heterocycles. The zero-order chi connectivity index (χ0) is 28.3. The summed E-state index contributed by atoms with van der Waals surface area (Å²) in [5.74, 6) is 1.33. The maximum atomic E-state index is 13.5. The molecule has 6 rings (SSSR count). The first kappa shape index (κ1) is 27.2. The van der Waals surface area contributed by atoms with Crippen molar-refractivity contribution in [2.45, 2.75) is 44.4 Å². The molecule has 0 spiro atoms. The molecule has 2 fully saturated rings. The number of carbonyl (C=O) groups excluding carboxylic acids is 1. The summed E-state index contributed by atoms with van der Waals surface area (Å²) in [6.45, 7) is 3.52. The van der Waals surface area contributed by atoms with E-state index in [0.717, 1.165) is 62.8 Å². The zero-order valence-corrected chi connectivity index (χ0v) is 22.7. The first-order chi connectivity index (χ1) is 19.9. The third kappa shape index (κ3) is 6.04. The van der Waals surface area contributed by atoms with Crippen LogP contribution in [0.25, 0.3) is 17.0 Å². The number of hydrogen-bond donors (Lipinski definition) is 1. The molecule has 1 saturated carbocycles. The van der Waals surface area contributed by atoms with Gasteiger partial charge in [-0.15, -0.1) is 0 Å². The maximum Gasteiger partial charge on any atom is 0.280 e. The topological polar surface area (TPSA) is 120 Å². The van der Waals surface area contributed by atoms with Gasteiger partial charge in [0.05, 0.1) is 22.2 Å². The van der Waals surface area contributed by atoms with E-state index in [1.165, 1.54) is 42.8 Å². The number of piperidine rings is 1. The third-order valence-corrected chi connectivity index (χ3v) is 8.67. The van der Waals surface area contributed by atoms with Crippen molar-refractivity contribution in [3.8, 4) is 11.5 Å². The van der Waals surface area contributed by atoms with Gasteiger partial charge in [0.2, 0.25) is 12.7 Å². The number of ether oxygens (including phenoxy) is 2.